The largest absolute Gasteiger partial charge is 0.490 e. The van der Waals surface area contributed by atoms with Gasteiger partial charge in [0.15, 0.2) is 23.9 Å². The van der Waals surface area contributed by atoms with Crippen molar-refractivity contribution in [3.63, 3.8) is 0 Å². The lowest BCUT2D eigenvalue weighted by Gasteiger charge is -2.14. The van der Waals surface area contributed by atoms with E-state index in [0.717, 1.165) is 5.39 Å². The van der Waals surface area contributed by atoms with E-state index in [9.17, 15) is 14.0 Å². The van der Waals surface area contributed by atoms with Gasteiger partial charge in [0.25, 0.3) is 11.5 Å². The Morgan fingerprint density at radius 1 is 1.09 bits per heavy atom. The van der Waals surface area contributed by atoms with Gasteiger partial charge in [-0.15, -0.1) is 0 Å². The Labute approximate surface area is 269 Å². The Kier molecular flexibility index (Phi) is 8.63. The summed E-state index contributed by atoms with van der Waals surface area (Å²) in [5, 5.41) is 8.78. The monoisotopic (exact) mass is 688 g/mol. The topological polar surface area (TPSA) is 108 Å². The minimum Gasteiger partial charge on any atom is -0.490 e. The molecular weight excluding hydrogens is 667 g/mol. The third-order valence-electron chi connectivity index (χ3n) is 6.56. The molecule has 0 aliphatic heterocycles. The number of carbonyl (C=O) groups excluding carboxylic acids is 1. The molecule has 226 valence electrons. The Bertz CT molecular complexity index is 2160. The molecule has 0 aliphatic carbocycles. The van der Waals surface area contributed by atoms with Gasteiger partial charge in [0.2, 0.25) is 5.82 Å². The third kappa shape index (κ3) is 6.59. The van der Waals surface area contributed by atoms with E-state index in [1.807, 2.05) is 6.92 Å². The number of fused-ring (bicyclic) bond motifs is 2. The van der Waals surface area contributed by atoms with E-state index in [1.54, 1.807) is 66.7 Å². The lowest BCUT2D eigenvalue weighted by atomic mass is 10.2. The Balaban J connectivity index is 1.33. The van der Waals surface area contributed by atoms with E-state index >= 15 is 0 Å². The first-order valence-electron chi connectivity index (χ1n) is 13.7. The molecule has 0 atom stereocenters. The molecule has 2 heterocycles. The fourth-order valence-corrected chi connectivity index (χ4v) is 5.36. The molecule has 2 aromatic heterocycles. The second-order valence-corrected chi connectivity index (χ2v) is 11.0. The van der Waals surface area contributed by atoms with E-state index in [-0.39, 0.29) is 18.2 Å². The molecule has 1 N–H and O–H groups in total. The summed E-state index contributed by atoms with van der Waals surface area (Å²) in [6.07, 6.45) is 1.48. The molecule has 0 aliphatic rings. The van der Waals surface area contributed by atoms with E-state index in [4.69, 9.17) is 30.5 Å². The van der Waals surface area contributed by atoms with Crippen LogP contribution in [0, 0.1) is 5.82 Å². The van der Waals surface area contributed by atoms with Gasteiger partial charge in [-0.1, -0.05) is 29.8 Å². The van der Waals surface area contributed by atoms with E-state index in [2.05, 4.69) is 26.3 Å². The van der Waals surface area contributed by atoms with Gasteiger partial charge in [0, 0.05) is 16.1 Å². The van der Waals surface area contributed by atoms with Crippen molar-refractivity contribution in [2.75, 3.05) is 18.5 Å². The van der Waals surface area contributed by atoms with Gasteiger partial charge in [-0.3, -0.25) is 9.59 Å². The van der Waals surface area contributed by atoms with Crippen LogP contribution >= 0.6 is 27.5 Å². The SMILES string of the molecule is CCOc1cc(C=Nn2c(-c3cc4cc(Cl)ccc4o3)nc3ccccc3c2=O)cc(Br)c1OCC(=O)Nc1cccc(F)c1. The number of ether oxygens (including phenoxy) is 2. The number of benzene rings is 4. The van der Waals surface area contributed by atoms with Gasteiger partial charge >= 0.3 is 0 Å². The Hall–Kier alpha value is -5.00. The van der Waals surface area contributed by atoms with Crippen LogP contribution in [0.3, 0.4) is 0 Å². The molecular formula is C33H23BrClFN4O5. The Morgan fingerprint density at radius 3 is 2.76 bits per heavy atom. The molecule has 45 heavy (non-hydrogen) atoms. The van der Waals surface area contributed by atoms with Crippen LogP contribution in [-0.4, -0.2) is 35.0 Å². The van der Waals surface area contributed by atoms with Crippen LogP contribution in [0.15, 0.2) is 104 Å². The zero-order valence-electron chi connectivity index (χ0n) is 23.6. The number of hydrogen-bond acceptors (Lipinski definition) is 7. The van der Waals surface area contributed by atoms with Crippen molar-refractivity contribution in [3.05, 3.63) is 116 Å². The van der Waals surface area contributed by atoms with Crippen LogP contribution in [0.2, 0.25) is 5.02 Å². The summed E-state index contributed by atoms with van der Waals surface area (Å²) in [5.74, 6) is 0.215. The lowest BCUT2D eigenvalue weighted by Crippen LogP contribution is -2.20. The van der Waals surface area contributed by atoms with Crippen molar-refractivity contribution in [1.82, 2.24) is 9.66 Å². The minimum atomic E-state index is -0.482. The lowest BCUT2D eigenvalue weighted by molar-refractivity contribution is -0.118. The van der Waals surface area contributed by atoms with Crippen LogP contribution < -0.4 is 20.3 Å². The van der Waals surface area contributed by atoms with Crippen LogP contribution in [-0.2, 0) is 4.79 Å². The van der Waals surface area contributed by atoms with Crippen molar-refractivity contribution in [3.8, 4) is 23.1 Å². The van der Waals surface area contributed by atoms with Gasteiger partial charge in [0.05, 0.1) is 28.2 Å². The number of rotatable bonds is 9. The molecule has 0 radical (unpaired) electrons. The van der Waals surface area contributed by atoms with Crippen LogP contribution in [0.1, 0.15) is 12.5 Å². The number of para-hydroxylation sites is 1. The molecule has 6 rings (SSSR count). The number of carbonyl (C=O) groups is 1. The summed E-state index contributed by atoms with van der Waals surface area (Å²) in [6.45, 7) is 1.77. The van der Waals surface area contributed by atoms with Crippen molar-refractivity contribution in [2.45, 2.75) is 6.92 Å². The van der Waals surface area contributed by atoms with E-state index in [1.165, 1.54) is 29.1 Å². The number of hydrogen-bond donors (Lipinski definition) is 1. The van der Waals surface area contributed by atoms with Crippen molar-refractivity contribution < 1.29 is 23.1 Å². The first kappa shape index (κ1) is 30.0. The number of anilines is 1. The van der Waals surface area contributed by atoms with Crippen LogP contribution in [0.5, 0.6) is 11.5 Å². The standard InChI is InChI=1S/C33H23BrClFN4O5/c1-2-43-28-13-19(12-25(34)31(28)44-18-30(41)38-23-7-5-6-22(36)16-23)17-37-40-32(39-26-9-4-3-8-24(26)33(40)42)29-15-20-14-21(35)10-11-27(20)45-29/h3-17H,2,18H2,1H3,(H,38,41). The maximum atomic E-state index is 13.6. The van der Waals surface area contributed by atoms with Crippen LogP contribution in [0.25, 0.3) is 33.5 Å². The molecule has 0 unspecified atom stereocenters. The van der Waals surface area contributed by atoms with Crippen molar-refractivity contribution in [1.29, 1.82) is 0 Å². The van der Waals surface area contributed by atoms with E-state index < -0.39 is 17.3 Å². The molecule has 6 aromatic rings. The normalized spacial score (nSPS) is 11.4. The molecule has 4 aromatic carbocycles. The van der Waals surface area contributed by atoms with Gasteiger partial charge in [-0.2, -0.15) is 9.78 Å². The highest BCUT2D eigenvalue weighted by Crippen LogP contribution is 2.37. The second-order valence-electron chi connectivity index (χ2n) is 9.72. The number of amides is 1. The zero-order valence-corrected chi connectivity index (χ0v) is 25.9. The molecule has 1 amide bonds. The number of aromatic nitrogens is 2. The first-order chi connectivity index (χ1) is 21.8. The fourth-order valence-electron chi connectivity index (χ4n) is 4.61. The third-order valence-corrected chi connectivity index (χ3v) is 7.39. The Morgan fingerprint density at radius 2 is 1.93 bits per heavy atom. The average Bonchev–Trinajstić information content (AvgIpc) is 3.43. The molecule has 0 saturated heterocycles. The molecule has 12 heteroatoms. The van der Waals surface area contributed by atoms with E-state index in [0.29, 0.717) is 55.3 Å². The van der Waals surface area contributed by atoms with Gasteiger partial charge in [0.1, 0.15) is 11.4 Å². The molecule has 0 spiro atoms. The highest BCUT2D eigenvalue weighted by atomic mass is 79.9. The summed E-state index contributed by atoms with van der Waals surface area (Å²) in [4.78, 5) is 30.8. The smallest absolute Gasteiger partial charge is 0.282 e. The fraction of sp³-hybridized carbons (Fsp3) is 0.0909. The maximum Gasteiger partial charge on any atom is 0.282 e. The number of halogens is 3. The predicted molar refractivity (Wildman–Crippen MR) is 175 cm³/mol. The predicted octanol–water partition coefficient (Wildman–Crippen LogP) is 7.66. The van der Waals surface area contributed by atoms with Gasteiger partial charge in [-0.25, -0.2) is 9.37 Å². The summed E-state index contributed by atoms with van der Waals surface area (Å²) >= 11 is 9.66. The molecule has 0 saturated carbocycles. The average molecular weight is 690 g/mol. The summed E-state index contributed by atoms with van der Waals surface area (Å²) in [5.41, 5.74) is 1.55. The van der Waals surface area contributed by atoms with Gasteiger partial charge < -0.3 is 19.2 Å². The minimum absolute atomic E-state index is 0.204. The van der Waals surface area contributed by atoms with Crippen molar-refractivity contribution >= 4 is 67.2 Å². The molecule has 0 bridgehead atoms. The quantitative estimate of drug-likeness (QED) is 0.156. The van der Waals surface area contributed by atoms with Gasteiger partial charge in [-0.05, 0) is 95.1 Å². The molecule has 0 fully saturated rings. The summed E-state index contributed by atoms with van der Waals surface area (Å²) in [7, 11) is 0. The zero-order chi connectivity index (χ0) is 31.5. The summed E-state index contributed by atoms with van der Waals surface area (Å²) in [6, 6.07) is 22.9. The van der Waals surface area contributed by atoms with Crippen molar-refractivity contribution in [2.24, 2.45) is 5.10 Å². The maximum absolute atomic E-state index is 13.6. The molecule has 9 nitrogen and oxygen atoms in total. The highest BCUT2D eigenvalue weighted by molar-refractivity contribution is 9.10. The highest BCUT2D eigenvalue weighted by Gasteiger charge is 2.18. The number of nitrogens with one attached hydrogen (secondary N) is 1. The number of nitrogens with zero attached hydrogens (tertiary/aromatic N) is 3. The number of furan rings is 1. The first-order valence-corrected chi connectivity index (χ1v) is 14.9. The summed E-state index contributed by atoms with van der Waals surface area (Å²) < 4.78 is 32.7. The second kappa shape index (κ2) is 12.9. The van der Waals surface area contributed by atoms with Crippen LogP contribution in [0.4, 0.5) is 10.1 Å².